The molecule has 1 aliphatic rings. The number of halogens is 1. The van der Waals surface area contributed by atoms with Crippen LogP contribution < -0.4 is 10.2 Å². The standard InChI is InChI=1S/C24H26FN5O3/c1-16(31)26-14-21-15-30(24(32)33-21)20-10-11-22(23(25)12-20)18-8-6-17(7-9-18)4-3-5-19-13-27-29(2)28-19/h6-13,21H,3-5,14-15H2,1-2H3,(H,26,31)/t21-/m0/s1. The fourth-order valence-electron chi connectivity index (χ4n) is 3.83. The van der Waals surface area contributed by atoms with Gasteiger partial charge in [-0.15, -0.1) is 0 Å². The Balaban J connectivity index is 1.37. The summed E-state index contributed by atoms with van der Waals surface area (Å²) in [5.41, 5.74) is 3.80. The van der Waals surface area contributed by atoms with Crippen molar-refractivity contribution < 1.29 is 18.7 Å². The second kappa shape index (κ2) is 9.81. The minimum Gasteiger partial charge on any atom is -0.442 e. The number of hydrogen-bond acceptors (Lipinski definition) is 5. The van der Waals surface area contributed by atoms with E-state index in [1.807, 2.05) is 24.3 Å². The molecule has 33 heavy (non-hydrogen) atoms. The van der Waals surface area contributed by atoms with E-state index in [1.54, 1.807) is 30.2 Å². The van der Waals surface area contributed by atoms with Crippen molar-refractivity contribution in [2.45, 2.75) is 32.3 Å². The Morgan fingerprint density at radius 3 is 2.67 bits per heavy atom. The van der Waals surface area contributed by atoms with Gasteiger partial charge in [0, 0.05) is 19.5 Å². The second-order valence-corrected chi connectivity index (χ2v) is 8.09. The van der Waals surface area contributed by atoms with Crippen LogP contribution in [0.3, 0.4) is 0 Å². The molecule has 0 unspecified atom stereocenters. The molecule has 3 aromatic rings. The lowest BCUT2D eigenvalue weighted by Crippen LogP contribution is -2.33. The highest BCUT2D eigenvalue weighted by Gasteiger charge is 2.32. The molecule has 1 fully saturated rings. The van der Waals surface area contributed by atoms with Crippen molar-refractivity contribution in [3.8, 4) is 11.1 Å². The normalized spacial score (nSPS) is 15.5. The van der Waals surface area contributed by atoms with Crippen molar-refractivity contribution in [3.05, 3.63) is 65.7 Å². The van der Waals surface area contributed by atoms with Gasteiger partial charge in [0.05, 0.1) is 30.7 Å². The maximum atomic E-state index is 14.9. The van der Waals surface area contributed by atoms with Crippen molar-refractivity contribution >= 4 is 17.7 Å². The Bertz CT molecular complexity index is 1150. The number of cyclic esters (lactones) is 1. The maximum Gasteiger partial charge on any atom is 0.414 e. The third-order valence-electron chi connectivity index (χ3n) is 5.53. The number of aromatic nitrogens is 3. The van der Waals surface area contributed by atoms with Crippen molar-refractivity contribution in [2.24, 2.45) is 7.05 Å². The summed E-state index contributed by atoms with van der Waals surface area (Å²) >= 11 is 0. The molecule has 8 nitrogen and oxygen atoms in total. The Labute approximate surface area is 191 Å². The van der Waals surface area contributed by atoms with Crippen LogP contribution in [-0.2, 0) is 29.4 Å². The van der Waals surface area contributed by atoms with E-state index in [4.69, 9.17) is 4.74 Å². The van der Waals surface area contributed by atoms with Gasteiger partial charge in [0.25, 0.3) is 0 Å². The quantitative estimate of drug-likeness (QED) is 0.568. The van der Waals surface area contributed by atoms with Gasteiger partial charge < -0.3 is 10.1 Å². The lowest BCUT2D eigenvalue weighted by atomic mass is 10.0. The molecule has 0 aliphatic carbocycles. The molecule has 1 saturated heterocycles. The summed E-state index contributed by atoms with van der Waals surface area (Å²) in [4.78, 5) is 26.2. The lowest BCUT2D eigenvalue weighted by Gasteiger charge is -2.14. The Kier molecular flexibility index (Phi) is 6.67. The summed E-state index contributed by atoms with van der Waals surface area (Å²) in [5.74, 6) is -0.613. The van der Waals surface area contributed by atoms with Gasteiger partial charge in [-0.25, -0.2) is 9.18 Å². The summed E-state index contributed by atoms with van der Waals surface area (Å²) in [6.07, 6.45) is 3.47. The molecule has 1 aliphatic heterocycles. The third-order valence-corrected chi connectivity index (χ3v) is 5.53. The number of carbonyl (C=O) groups excluding carboxylic acids is 2. The molecule has 0 bridgehead atoms. The molecule has 4 rings (SSSR count). The molecular weight excluding hydrogens is 425 g/mol. The van der Waals surface area contributed by atoms with Crippen LogP contribution in [0.5, 0.6) is 0 Å². The molecule has 2 heterocycles. The maximum absolute atomic E-state index is 14.9. The number of anilines is 1. The van der Waals surface area contributed by atoms with Gasteiger partial charge in [0.15, 0.2) is 0 Å². The van der Waals surface area contributed by atoms with E-state index in [-0.39, 0.29) is 19.0 Å². The first-order valence-corrected chi connectivity index (χ1v) is 10.9. The van der Waals surface area contributed by atoms with E-state index in [0.29, 0.717) is 11.3 Å². The van der Waals surface area contributed by atoms with Crippen molar-refractivity contribution in [2.75, 3.05) is 18.0 Å². The van der Waals surface area contributed by atoms with Crippen LogP contribution in [0.4, 0.5) is 14.9 Å². The van der Waals surface area contributed by atoms with Gasteiger partial charge in [-0.05, 0) is 48.6 Å². The number of aryl methyl sites for hydroxylation is 3. The van der Waals surface area contributed by atoms with Gasteiger partial charge in [-0.2, -0.15) is 15.0 Å². The van der Waals surface area contributed by atoms with Crippen LogP contribution >= 0.6 is 0 Å². The Morgan fingerprint density at radius 1 is 1.21 bits per heavy atom. The van der Waals surface area contributed by atoms with E-state index in [1.165, 1.54) is 23.5 Å². The molecule has 2 amide bonds. The number of amides is 2. The smallest absolute Gasteiger partial charge is 0.414 e. The number of ether oxygens (including phenoxy) is 1. The summed E-state index contributed by atoms with van der Waals surface area (Å²) in [5, 5.41) is 11.0. The number of nitrogens with zero attached hydrogens (tertiary/aromatic N) is 4. The fraction of sp³-hybridized carbons (Fsp3) is 0.333. The average molecular weight is 452 g/mol. The number of rotatable bonds is 8. The fourth-order valence-corrected chi connectivity index (χ4v) is 3.83. The highest BCUT2D eigenvalue weighted by Crippen LogP contribution is 2.29. The molecule has 1 aromatic heterocycles. The molecule has 1 N–H and O–H groups in total. The highest BCUT2D eigenvalue weighted by atomic mass is 19.1. The first-order valence-electron chi connectivity index (χ1n) is 10.9. The molecule has 0 spiro atoms. The largest absolute Gasteiger partial charge is 0.442 e. The van der Waals surface area contributed by atoms with Crippen LogP contribution in [0.25, 0.3) is 11.1 Å². The zero-order chi connectivity index (χ0) is 23.4. The number of hydrogen-bond donors (Lipinski definition) is 1. The second-order valence-electron chi connectivity index (χ2n) is 8.09. The van der Waals surface area contributed by atoms with Crippen molar-refractivity contribution in [3.63, 3.8) is 0 Å². The van der Waals surface area contributed by atoms with Crippen LogP contribution in [0.1, 0.15) is 24.6 Å². The van der Waals surface area contributed by atoms with E-state index in [2.05, 4.69) is 15.5 Å². The molecule has 2 aromatic carbocycles. The number of benzene rings is 2. The summed E-state index contributed by atoms with van der Waals surface area (Å²) in [7, 11) is 1.80. The highest BCUT2D eigenvalue weighted by molar-refractivity contribution is 5.90. The Hall–Kier alpha value is -3.75. The minimum absolute atomic E-state index is 0.198. The van der Waals surface area contributed by atoms with Gasteiger partial charge in [0.1, 0.15) is 11.9 Å². The van der Waals surface area contributed by atoms with Crippen molar-refractivity contribution in [1.29, 1.82) is 0 Å². The minimum atomic E-state index is -0.552. The van der Waals surface area contributed by atoms with Crippen LogP contribution in [-0.4, -0.2) is 46.2 Å². The van der Waals surface area contributed by atoms with E-state index < -0.39 is 18.0 Å². The SMILES string of the molecule is CC(=O)NC[C@H]1CN(c2ccc(-c3ccc(CCCc4cnn(C)n4)cc3)c(F)c2)C(=O)O1. The molecule has 172 valence electrons. The van der Waals surface area contributed by atoms with Crippen LogP contribution in [0, 0.1) is 5.82 Å². The van der Waals surface area contributed by atoms with Crippen LogP contribution in [0.15, 0.2) is 48.7 Å². The average Bonchev–Trinajstić information content (AvgIpc) is 3.38. The van der Waals surface area contributed by atoms with E-state index >= 15 is 0 Å². The summed E-state index contributed by atoms with van der Waals surface area (Å²) in [6, 6.07) is 12.5. The molecule has 0 saturated carbocycles. The Morgan fingerprint density at radius 2 is 2.00 bits per heavy atom. The first kappa shape index (κ1) is 22.4. The number of nitrogens with one attached hydrogen (secondary N) is 1. The topological polar surface area (TPSA) is 89.4 Å². The van der Waals surface area contributed by atoms with Crippen LogP contribution in [0.2, 0.25) is 0 Å². The number of carbonyl (C=O) groups is 2. The third kappa shape index (κ3) is 5.54. The molecular formula is C24H26FN5O3. The molecule has 0 radical (unpaired) electrons. The first-order chi connectivity index (χ1) is 15.9. The van der Waals surface area contributed by atoms with Gasteiger partial charge in [-0.3, -0.25) is 9.69 Å². The van der Waals surface area contributed by atoms with E-state index in [9.17, 15) is 14.0 Å². The van der Waals surface area contributed by atoms with Gasteiger partial charge in [0.2, 0.25) is 5.91 Å². The van der Waals surface area contributed by atoms with E-state index in [0.717, 1.165) is 30.5 Å². The summed E-state index contributed by atoms with van der Waals surface area (Å²) < 4.78 is 20.2. The lowest BCUT2D eigenvalue weighted by molar-refractivity contribution is -0.119. The van der Waals surface area contributed by atoms with Gasteiger partial charge in [-0.1, -0.05) is 24.3 Å². The molecule has 9 heteroatoms. The zero-order valence-electron chi connectivity index (χ0n) is 18.6. The predicted molar refractivity (Wildman–Crippen MR) is 121 cm³/mol. The van der Waals surface area contributed by atoms with Crippen molar-refractivity contribution in [1.82, 2.24) is 20.3 Å². The summed E-state index contributed by atoms with van der Waals surface area (Å²) in [6.45, 7) is 1.87. The molecule has 1 atom stereocenters. The van der Waals surface area contributed by atoms with Gasteiger partial charge >= 0.3 is 6.09 Å². The monoisotopic (exact) mass is 451 g/mol. The predicted octanol–water partition coefficient (Wildman–Crippen LogP) is 3.26. The zero-order valence-corrected chi connectivity index (χ0v) is 18.6.